The van der Waals surface area contributed by atoms with Gasteiger partial charge in [-0.25, -0.2) is 4.79 Å². The Morgan fingerprint density at radius 3 is 2.67 bits per heavy atom. The number of halogens is 2. The van der Waals surface area contributed by atoms with Crippen LogP contribution in [0.15, 0.2) is 30.5 Å². The van der Waals surface area contributed by atoms with Crippen LogP contribution in [0.4, 0.5) is 5.69 Å². The highest BCUT2D eigenvalue weighted by molar-refractivity contribution is 6.34. The zero-order valence-electron chi connectivity index (χ0n) is 11.1. The van der Waals surface area contributed by atoms with Gasteiger partial charge in [0.05, 0.1) is 15.7 Å². The Bertz CT molecular complexity index is 710. The van der Waals surface area contributed by atoms with Crippen LogP contribution in [-0.2, 0) is 6.54 Å². The summed E-state index contributed by atoms with van der Waals surface area (Å²) in [5.74, 6) is -1.66. The van der Waals surface area contributed by atoms with Crippen LogP contribution in [0, 0.1) is 0 Å². The lowest BCUT2D eigenvalue weighted by molar-refractivity contribution is 0.0698. The van der Waals surface area contributed by atoms with Gasteiger partial charge in [0.1, 0.15) is 11.3 Å². The summed E-state index contributed by atoms with van der Waals surface area (Å²) in [7, 11) is 0. The molecule has 2 N–H and O–H groups in total. The van der Waals surface area contributed by atoms with Gasteiger partial charge in [-0.15, -0.1) is 0 Å². The molecule has 21 heavy (non-hydrogen) atoms. The predicted octanol–water partition coefficient (Wildman–Crippen LogP) is 3.77. The molecule has 0 atom stereocenters. The number of amides is 1. The second kappa shape index (κ2) is 6.20. The van der Waals surface area contributed by atoms with E-state index in [1.807, 2.05) is 6.92 Å². The third-order valence-electron chi connectivity index (χ3n) is 2.91. The molecule has 0 aliphatic rings. The third-order valence-corrected chi connectivity index (χ3v) is 3.43. The molecule has 2 aromatic rings. The molecule has 1 heterocycles. The number of carbonyl (C=O) groups is 2. The van der Waals surface area contributed by atoms with Gasteiger partial charge in [0, 0.05) is 12.7 Å². The van der Waals surface area contributed by atoms with Crippen molar-refractivity contribution < 1.29 is 14.7 Å². The average Bonchev–Trinajstić information content (AvgIpc) is 2.79. The fourth-order valence-electron chi connectivity index (χ4n) is 1.96. The molecule has 110 valence electrons. The molecule has 5 nitrogen and oxygen atoms in total. The highest BCUT2D eigenvalue weighted by Gasteiger charge is 2.18. The number of anilines is 1. The van der Waals surface area contributed by atoms with E-state index in [4.69, 9.17) is 23.2 Å². The molecule has 0 saturated carbocycles. The van der Waals surface area contributed by atoms with Crippen molar-refractivity contribution in [1.29, 1.82) is 0 Å². The summed E-state index contributed by atoms with van der Waals surface area (Å²) in [4.78, 5) is 23.5. The second-order valence-electron chi connectivity index (χ2n) is 4.25. The quantitative estimate of drug-likeness (QED) is 0.898. The lowest BCUT2D eigenvalue weighted by Crippen LogP contribution is -2.18. The Morgan fingerprint density at radius 2 is 2.05 bits per heavy atom. The topological polar surface area (TPSA) is 71.3 Å². The third kappa shape index (κ3) is 3.20. The molecule has 1 amide bonds. The number of nitrogens with one attached hydrogen (secondary N) is 1. The lowest BCUT2D eigenvalue weighted by atomic mass is 10.1. The van der Waals surface area contributed by atoms with E-state index >= 15 is 0 Å². The first-order chi connectivity index (χ1) is 9.93. The van der Waals surface area contributed by atoms with Crippen LogP contribution in [0.5, 0.6) is 0 Å². The van der Waals surface area contributed by atoms with Crippen LogP contribution in [0.1, 0.15) is 27.8 Å². The maximum atomic E-state index is 12.3. The number of aromatic carboxylic acids is 1. The van der Waals surface area contributed by atoms with Crippen molar-refractivity contribution >= 4 is 40.8 Å². The first-order valence-electron chi connectivity index (χ1n) is 6.13. The number of carboxylic acid groups (broad SMARTS) is 1. The summed E-state index contributed by atoms with van der Waals surface area (Å²) in [5.41, 5.74) is 0.340. The number of hydrogen-bond acceptors (Lipinski definition) is 2. The smallest absolute Gasteiger partial charge is 0.339 e. The summed E-state index contributed by atoms with van der Waals surface area (Å²) in [6.45, 7) is 2.44. The summed E-state index contributed by atoms with van der Waals surface area (Å²) in [6, 6.07) is 6.02. The minimum absolute atomic E-state index is 0.0595. The van der Waals surface area contributed by atoms with E-state index in [9.17, 15) is 14.7 Å². The normalized spacial score (nSPS) is 10.4. The number of hydrogen-bond donors (Lipinski definition) is 2. The maximum Gasteiger partial charge on any atom is 0.339 e. The van der Waals surface area contributed by atoms with Gasteiger partial charge in [-0.2, -0.15) is 0 Å². The number of carboxylic acids is 1. The highest BCUT2D eigenvalue weighted by atomic mass is 35.5. The molecular weight excluding hydrogens is 315 g/mol. The van der Waals surface area contributed by atoms with E-state index < -0.39 is 11.9 Å². The molecule has 2 rings (SSSR count). The van der Waals surface area contributed by atoms with Crippen LogP contribution in [0.2, 0.25) is 10.0 Å². The van der Waals surface area contributed by atoms with E-state index in [-0.39, 0.29) is 16.3 Å². The van der Waals surface area contributed by atoms with Crippen molar-refractivity contribution in [3.63, 3.8) is 0 Å². The van der Waals surface area contributed by atoms with Gasteiger partial charge in [0.15, 0.2) is 0 Å². The Morgan fingerprint density at radius 1 is 1.33 bits per heavy atom. The van der Waals surface area contributed by atoms with Crippen LogP contribution in [-0.4, -0.2) is 21.6 Å². The first-order valence-corrected chi connectivity index (χ1v) is 6.88. The number of nitrogens with zero attached hydrogens (tertiary/aromatic N) is 1. The first kappa shape index (κ1) is 15.4. The molecule has 0 bridgehead atoms. The number of rotatable bonds is 4. The van der Waals surface area contributed by atoms with Crippen molar-refractivity contribution in [2.45, 2.75) is 13.5 Å². The summed E-state index contributed by atoms with van der Waals surface area (Å²) < 4.78 is 1.67. The number of benzene rings is 1. The minimum atomic E-state index is -1.21. The second-order valence-corrected chi connectivity index (χ2v) is 5.09. The summed E-state index contributed by atoms with van der Waals surface area (Å²) >= 11 is 11.7. The van der Waals surface area contributed by atoms with E-state index in [2.05, 4.69) is 5.32 Å². The Hall–Kier alpha value is -1.98. The van der Waals surface area contributed by atoms with Crippen molar-refractivity contribution in [2.75, 3.05) is 5.32 Å². The van der Waals surface area contributed by atoms with E-state index in [1.165, 1.54) is 18.2 Å². The van der Waals surface area contributed by atoms with E-state index in [0.717, 1.165) is 0 Å². The summed E-state index contributed by atoms with van der Waals surface area (Å²) in [5, 5.41) is 12.2. The Balaban J connectivity index is 2.36. The zero-order chi connectivity index (χ0) is 15.6. The molecule has 1 aromatic carbocycles. The lowest BCUT2D eigenvalue weighted by Gasteiger charge is -2.11. The fraction of sp³-hybridized carbons (Fsp3) is 0.143. The SMILES string of the molecule is CCn1cc(Cl)cc1C(=O)Nc1cccc(Cl)c1C(=O)O. The van der Waals surface area contributed by atoms with Gasteiger partial charge >= 0.3 is 5.97 Å². The van der Waals surface area contributed by atoms with Crippen molar-refractivity contribution in [2.24, 2.45) is 0 Å². The molecular formula is C14H12Cl2N2O3. The van der Waals surface area contributed by atoms with Gasteiger partial charge in [0.25, 0.3) is 5.91 Å². The highest BCUT2D eigenvalue weighted by Crippen LogP contribution is 2.25. The van der Waals surface area contributed by atoms with E-state index in [1.54, 1.807) is 16.8 Å². The Kier molecular flexibility index (Phi) is 4.55. The number of aromatic nitrogens is 1. The Labute approximate surface area is 131 Å². The summed E-state index contributed by atoms with van der Waals surface area (Å²) in [6.07, 6.45) is 1.63. The van der Waals surface area contributed by atoms with Crippen molar-refractivity contribution in [3.8, 4) is 0 Å². The monoisotopic (exact) mass is 326 g/mol. The van der Waals surface area contributed by atoms with Gasteiger partial charge in [-0.1, -0.05) is 29.3 Å². The van der Waals surface area contributed by atoms with Crippen molar-refractivity contribution in [3.05, 3.63) is 51.8 Å². The molecule has 0 radical (unpaired) electrons. The fourth-order valence-corrected chi connectivity index (χ4v) is 2.44. The molecule has 0 unspecified atom stereocenters. The zero-order valence-corrected chi connectivity index (χ0v) is 12.6. The van der Waals surface area contributed by atoms with Gasteiger partial charge in [-0.05, 0) is 25.1 Å². The predicted molar refractivity (Wildman–Crippen MR) is 81.5 cm³/mol. The minimum Gasteiger partial charge on any atom is -0.478 e. The van der Waals surface area contributed by atoms with Crippen LogP contribution in [0.25, 0.3) is 0 Å². The van der Waals surface area contributed by atoms with Gasteiger partial charge in [-0.3, -0.25) is 4.79 Å². The molecule has 0 fully saturated rings. The molecule has 0 saturated heterocycles. The molecule has 1 aromatic heterocycles. The number of carbonyl (C=O) groups excluding carboxylic acids is 1. The molecule has 0 spiro atoms. The largest absolute Gasteiger partial charge is 0.478 e. The van der Waals surface area contributed by atoms with Crippen LogP contribution >= 0.6 is 23.2 Å². The van der Waals surface area contributed by atoms with E-state index in [0.29, 0.717) is 17.3 Å². The van der Waals surface area contributed by atoms with Crippen molar-refractivity contribution in [1.82, 2.24) is 4.57 Å². The van der Waals surface area contributed by atoms with Gasteiger partial charge < -0.3 is 15.0 Å². The average molecular weight is 327 g/mol. The number of aryl methyl sites for hydroxylation is 1. The molecule has 0 aliphatic carbocycles. The molecule has 7 heteroatoms. The standard InChI is InChI=1S/C14H12Cl2N2O3/c1-2-18-7-8(15)6-11(18)13(19)17-10-5-3-4-9(16)12(10)14(20)21/h3-7H,2H2,1H3,(H,17,19)(H,20,21). The maximum absolute atomic E-state index is 12.3. The van der Waals surface area contributed by atoms with Crippen LogP contribution < -0.4 is 5.32 Å². The van der Waals surface area contributed by atoms with Gasteiger partial charge in [0.2, 0.25) is 0 Å². The molecule has 0 aliphatic heterocycles. The van der Waals surface area contributed by atoms with Crippen LogP contribution in [0.3, 0.4) is 0 Å².